The molecule has 0 aromatic carbocycles. The van der Waals surface area contributed by atoms with E-state index in [4.69, 9.17) is 0 Å². The molecule has 1 fully saturated rings. The van der Waals surface area contributed by atoms with Crippen LogP contribution >= 0.6 is 0 Å². The van der Waals surface area contributed by atoms with Crippen LogP contribution in [0.2, 0.25) is 0 Å². The van der Waals surface area contributed by atoms with E-state index in [1.165, 1.54) is 38.5 Å². The van der Waals surface area contributed by atoms with Crippen LogP contribution in [0.3, 0.4) is 0 Å². The zero-order chi connectivity index (χ0) is 11.1. The molecule has 1 amide bonds. The molecule has 0 radical (unpaired) electrons. The summed E-state index contributed by atoms with van der Waals surface area (Å²) in [4.78, 5) is 14.1. The summed E-state index contributed by atoms with van der Waals surface area (Å²) >= 11 is 0. The minimum Gasteiger partial charge on any atom is -0.342 e. The molecule has 1 saturated heterocycles. The molecule has 1 heterocycles. The fraction of sp³-hybridized carbons (Fsp3) is 0.923. The van der Waals surface area contributed by atoms with Gasteiger partial charge in [-0.25, -0.2) is 0 Å². The molecular formula is C13H25NO. The number of hydrogen-bond donors (Lipinski definition) is 0. The predicted octanol–water partition coefficient (Wildman–Crippen LogP) is 3.22. The summed E-state index contributed by atoms with van der Waals surface area (Å²) in [6, 6.07) is 0. The highest BCUT2D eigenvalue weighted by atomic mass is 16.2. The molecule has 0 N–H and O–H groups in total. The SMILES string of the molecule is CCCCCC(C)C(=O)N1CCCCC1. The Morgan fingerprint density at radius 1 is 1.20 bits per heavy atom. The molecule has 1 unspecified atom stereocenters. The number of unbranched alkanes of at least 4 members (excludes halogenated alkanes) is 2. The van der Waals surface area contributed by atoms with Gasteiger partial charge in [-0.3, -0.25) is 4.79 Å². The molecule has 1 rings (SSSR count). The summed E-state index contributed by atoms with van der Waals surface area (Å²) < 4.78 is 0. The Bertz CT molecular complexity index is 185. The van der Waals surface area contributed by atoms with Crippen molar-refractivity contribution in [2.45, 2.75) is 58.8 Å². The first-order valence-electron chi connectivity index (χ1n) is 6.54. The Hall–Kier alpha value is -0.530. The number of carbonyl (C=O) groups excluding carboxylic acids is 1. The van der Waals surface area contributed by atoms with Gasteiger partial charge in [0.2, 0.25) is 5.91 Å². The van der Waals surface area contributed by atoms with Crippen molar-refractivity contribution >= 4 is 5.91 Å². The highest BCUT2D eigenvalue weighted by Gasteiger charge is 2.21. The number of carbonyl (C=O) groups is 1. The van der Waals surface area contributed by atoms with Crippen LogP contribution in [-0.2, 0) is 4.79 Å². The molecule has 2 heteroatoms. The second-order valence-corrected chi connectivity index (χ2v) is 4.78. The van der Waals surface area contributed by atoms with E-state index in [-0.39, 0.29) is 5.92 Å². The second kappa shape index (κ2) is 6.86. The van der Waals surface area contributed by atoms with Gasteiger partial charge in [-0.15, -0.1) is 0 Å². The Labute approximate surface area is 94.0 Å². The fourth-order valence-corrected chi connectivity index (χ4v) is 2.25. The monoisotopic (exact) mass is 211 g/mol. The highest BCUT2D eigenvalue weighted by molar-refractivity contribution is 5.78. The van der Waals surface area contributed by atoms with Gasteiger partial charge >= 0.3 is 0 Å². The summed E-state index contributed by atoms with van der Waals surface area (Å²) in [5.41, 5.74) is 0. The Morgan fingerprint density at radius 2 is 1.87 bits per heavy atom. The molecule has 1 atom stereocenters. The van der Waals surface area contributed by atoms with Gasteiger partial charge in [-0.05, 0) is 25.7 Å². The lowest BCUT2D eigenvalue weighted by Gasteiger charge is -2.29. The lowest BCUT2D eigenvalue weighted by atomic mass is 10.0. The van der Waals surface area contributed by atoms with Crippen molar-refractivity contribution in [3.63, 3.8) is 0 Å². The lowest BCUT2D eigenvalue weighted by Crippen LogP contribution is -2.38. The number of nitrogens with zero attached hydrogens (tertiary/aromatic N) is 1. The smallest absolute Gasteiger partial charge is 0.225 e. The van der Waals surface area contributed by atoms with Crippen LogP contribution < -0.4 is 0 Å². The summed E-state index contributed by atoms with van der Waals surface area (Å²) in [6.45, 7) is 6.29. The first-order chi connectivity index (χ1) is 7.25. The Balaban J connectivity index is 2.24. The van der Waals surface area contributed by atoms with Crippen molar-refractivity contribution in [2.24, 2.45) is 5.92 Å². The average molecular weight is 211 g/mol. The minimum atomic E-state index is 0.245. The van der Waals surface area contributed by atoms with Gasteiger partial charge < -0.3 is 4.90 Å². The Morgan fingerprint density at radius 3 is 2.47 bits per heavy atom. The molecule has 0 aromatic heterocycles. The first kappa shape index (κ1) is 12.5. The van der Waals surface area contributed by atoms with Crippen LogP contribution in [0.15, 0.2) is 0 Å². The third kappa shape index (κ3) is 4.23. The van der Waals surface area contributed by atoms with Crippen molar-refractivity contribution in [1.82, 2.24) is 4.90 Å². The second-order valence-electron chi connectivity index (χ2n) is 4.78. The molecule has 0 saturated carbocycles. The third-order valence-corrected chi connectivity index (χ3v) is 3.33. The Kier molecular flexibility index (Phi) is 5.74. The molecule has 88 valence electrons. The zero-order valence-corrected chi connectivity index (χ0v) is 10.3. The van der Waals surface area contributed by atoms with Gasteiger partial charge in [0.05, 0.1) is 0 Å². The molecule has 1 aliphatic rings. The van der Waals surface area contributed by atoms with E-state index in [0.29, 0.717) is 5.91 Å². The van der Waals surface area contributed by atoms with E-state index >= 15 is 0 Å². The number of piperidine rings is 1. The van der Waals surface area contributed by atoms with Crippen LogP contribution in [0.4, 0.5) is 0 Å². The summed E-state index contributed by atoms with van der Waals surface area (Å²) in [5, 5.41) is 0. The maximum absolute atomic E-state index is 12.0. The first-order valence-corrected chi connectivity index (χ1v) is 6.54. The van der Waals surface area contributed by atoms with E-state index in [0.717, 1.165) is 19.5 Å². The molecule has 0 aromatic rings. The van der Waals surface area contributed by atoms with Crippen LogP contribution in [0.1, 0.15) is 58.8 Å². The van der Waals surface area contributed by atoms with Crippen LogP contribution in [0.25, 0.3) is 0 Å². The van der Waals surface area contributed by atoms with E-state index in [1.807, 2.05) is 0 Å². The largest absolute Gasteiger partial charge is 0.342 e. The molecule has 0 spiro atoms. The van der Waals surface area contributed by atoms with Crippen LogP contribution in [0, 0.1) is 5.92 Å². The van der Waals surface area contributed by atoms with Crippen molar-refractivity contribution in [2.75, 3.05) is 13.1 Å². The molecule has 0 aliphatic carbocycles. The van der Waals surface area contributed by atoms with Gasteiger partial charge in [-0.2, -0.15) is 0 Å². The third-order valence-electron chi connectivity index (χ3n) is 3.33. The molecule has 1 aliphatic heterocycles. The van der Waals surface area contributed by atoms with Crippen molar-refractivity contribution in [3.05, 3.63) is 0 Å². The van der Waals surface area contributed by atoms with E-state index in [2.05, 4.69) is 18.7 Å². The van der Waals surface area contributed by atoms with Crippen molar-refractivity contribution in [1.29, 1.82) is 0 Å². The standard InChI is InChI=1S/C13H25NO/c1-3-4-6-9-12(2)13(15)14-10-7-5-8-11-14/h12H,3-11H2,1-2H3. The van der Waals surface area contributed by atoms with E-state index in [1.54, 1.807) is 0 Å². The predicted molar refractivity (Wildman–Crippen MR) is 63.7 cm³/mol. The molecule has 2 nitrogen and oxygen atoms in total. The van der Waals surface area contributed by atoms with Crippen molar-refractivity contribution in [3.8, 4) is 0 Å². The highest BCUT2D eigenvalue weighted by Crippen LogP contribution is 2.16. The van der Waals surface area contributed by atoms with Gasteiger partial charge in [0.15, 0.2) is 0 Å². The number of likely N-dealkylation sites (tertiary alicyclic amines) is 1. The summed E-state index contributed by atoms with van der Waals surface area (Å²) in [6.07, 6.45) is 8.48. The quantitative estimate of drug-likeness (QED) is 0.639. The molecule has 15 heavy (non-hydrogen) atoms. The number of hydrogen-bond acceptors (Lipinski definition) is 1. The minimum absolute atomic E-state index is 0.245. The summed E-state index contributed by atoms with van der Waals surface area (Å²) in [7, 11) is 0. The molecular weight excluding hydrogens is 186 g/mol. The number of amides is 1. The van der Waals surface area contributed by atoms with Gasteiger partial charge in [-0.1, -0.05) is 33.1 Å². The molecule has 0 bridgehead atoms. The summed E-state index contributed by atoms with van der Waals surface area (Å²) in [5.74, 6) is 0.639. The lowest BCUT2D eigenvalue weighted by molar-refractivity contribution is -0.136. The van der Waals surface area contributed by atoms with Crippen LogP contribution in [-0.4, -0.2) is 23.9 Å². The fourth-order valence-electron chi connectivity index (χ4n) is 2.25. The van der Waals surface area contributed by atoms with E-state index < -0.39 is 0 Å². The van der Waals surface area contributed by atoms with Gasteiger partial charge in [0.25, 0.3) is 0 Å². The topological polar surface area (TPSA) is 20.3 Å². The van der Waals surface area contributed by atoms with Gasteiger partial charge in [0.1, 0.15) is 0 Å². The van der Waals surface area contributed by atoms with E-state index in [9.17, 15) is 4.79 Å². The normalized spacial score (nSPS) is 18.9. The van der Waals surface area contributed by atoms with Crippen molar-refractivity contribution < 1.29 is 4.79 Å². The average Bonchev–Trinajstić information content (AvgIpc) is 2.29. The zero-order valence-electron chi connectivity index (χ0n) is 10.3. The maximum atomic E-state index is 12.0. The number of rotatable bonds is 5. The van der Waals surface area contributed by atoms with Gasteiger partial charge in [0, 0.05) is 19.0 Å². The van der Waals surface area contributed by atoms with Crippen LogP contribution in [0.5, 0.6) is 0 Å². The maximum Gasteiger partial charge on any atom is 0.225 e.